The average molecular weight is 240 g/mol. The first kappa shape index (κ1) is 11.8. The number of ether oxygens (including phenoxy) is 1. The summed E-state index contributed by atoms with van der Waals surface area (Å²) < 4.78 is 6.96. The SMILES string of the molecule is CN1CCOC[C@H](n2nnc(C(N)=O)c2N)C1. The molecule has 0 unspecified atom stereocenters. The predicted octanol–water partition coefficient (Wildman–Crippen LogP) is -1.54. The summed E-state index contributed by atoms with van der Waals surface area (Å²) in [7, 11) is 1.99. The summed E-state index contributed by atoms with van der Waals surface area (Å²) in [5.41, 5.74) is 10.9. The molecule has 1 aliphatic heterocycles. The van der Waals surface area contributed by atoms with E-state index >= 15 is 0 Å². The van der Waals surface area contributed by atoms with Crippen LogP contribution in [0.5, 0.6) is 0 Å². The molecule has 0 aromatic carbocycles. The second-order valence-corrected chi connectivity index (χ2v) is 4.12. The predicted molar refractivity (Wildman–Crippen MR) is 60.3 cm³/mol. The van der Waals surface area contributed by atoms with Crippen LogP contribution in [0.3, 0.4) is 0 Å². The van der Waals surface area contributed by atoms with Crippen LogP contribution < -0.4 is 11.5 Å². The van der Waals surface area contributed by atoms with Gasteiger partial charge in [0.05, 0.1) is 19.3 Å². The number of amides is 1. The van der Waals surface area contributed by atoms with Crippen molar-refractivity contribution >= 4 is 11.7 Å². The fourth-order valence-electron chi connectivity index (χ4n) is 1.84. The monoisotopic (exact) mass is 240 g/mol. The van der Waals surface area contributed by atoms with E-state index in [1.165, 1.54) is 4.68 Å². The van der Waals surface area contributed by atoms with Crippen molar-refractivity contribution < 1.29 is 9.53 Å². The summed E-state index contributed by atoms with van der Waals surface area (Å²) >= 11 is 0. The molecular weight excluding hydrogens is 224 g/mol. The fraction of sp³-hybridized carbons (Fsp3) is 0.667. The Balaban J connectivity index is 2.23. The van der Waals surface area contributed by atoms with E-state index in [2.05, 4.69) is 15.2 Å². The van der Waals surface area contributed by atoms with E-state index in [1.54, 1.807) is 0 Å². The van der Waals surface area contributed by atoms with Crippen molar-refractivity contribution in [2.75, 3.05) is 39.1 Å². The number of rotatable bonds is 2. The molecule has 94 valence electrons. The number of carbonyl (C=O) groups excluding carboxylic acids is 1. The van der Waals surface area contributed by atoms with Crippen LogP contribution in [-0.2, 0) is 4.74 Å². The first-order valence-electron chi connectivity index (χ1n) is 5.36. The zero-order valence-corrected chi connectivity index (χ0v) is 9.67. The van der Waals surface area contributed by atoms with Crippen LogP contribution in [0, 0.1) is 0 Å². The third-order valence-corrected chi connectivity index (χ3v) is 2.76. The zero-order chi connectivity index (χ0) is 12.4. The molecule has 8 heteroatoms. The minimum Gasteiger partial charge on any atom is -0.382 e. The number of likely N-dealkylation sites (N-methyl/N-ethyl adjacent to an activating group) is 1. The van der Waals surface area contributed by atoms with Crippen molar-refractivity contribution in [3.63, 3.8) is 0 Å². The van der Waals surface area contributed by atoms with Crippen molar-refractivity contribution in [3.05, 3.63) is 5.69 Å². The largest absolute Gasteiger partial charge is 0.382 e. The first-order valence-corrected chi connectivity index (χ1v) is 5.36. The lowest BCUT2D eigenvalue weighted by Crippen LogP contribution is -2.29. The molecule has 1 aromatic heterocycles. The van der Waals surface area contributed by atoms with Crippen molar-refractivity contribution in [1.82, 2.24) is 19.9 Å². The highest BCUT2D eigenvalue weighted by atomic mass is 16.5. The van der Waals surface area contributed by atoms with E-state index in [9.17, 15) is 4.79 Å². The van der Waals surface area contributed by atoms with Crippen LogP contribution in [-0.4, -0.2) is 59.2 Å². The Morgan fingerprint density at radius 2 is 2.35 bits per heavy atom. The maximum atomic E-state index is 11.0. The van der Waals surface area contributed by atoms with E-state index in [0.29, 0.717) is 13.2 Å². The third kappa shape index (κ3) is 2.37. The van der Waals surface area contributed by atoms with Crippen LogP contribution in [0.25, 0.3) is 0 Å². The summed E-state index contributed by atoms with van der Waals surface area (Å²) in [5.74, 6) is -0.474. The molecule has 4 N–H and O–H groups in total. The molecule has 1 aromatic rings. The third-order valence-electron chi connectivity index (χ3n) is 2.76. The Kier molecular flexibility index (Phi) is 3.25. The van der Waals surface area contributed by atoms with Gasteiger partial charge in [-0.1, -0.05) is 5.21 Å². The maximum Gasteiger partial charge on any atom is 0.273 e. The highest BCUT2D eigenvalue weighted by Gasteiger charge is 2.23. The second-order valence-electron chi connectivity index (χ2n) is 4.12. The number of nitrogens with zero attached hydrogens (tertiary/aromatic N) is 4. The maximum absolute atomic E-state index is 11.0. The minimum absolute atomic E-state index is 0.0110. The molecule has 0 spiro atoms. The normalized spacial score (nSPS) is 22.3. The highest BCUT2D eigenvalue weighted by molar-refractivity contribution is 5.94. The summed E-state index contributed by atoms with van der Waals surface area (Å²) in [6.07, 6.45) is 0. The summed E-state index contributed by atoms with van der Waals surface area (Å²) in [4.78, 5) is 13.1. The molecule has 2 rings (SSSR count). The van der Waals surface area contributed by atoms with Gasteiger partial charge in [0.2, 0.25) is 0 Å². The van der Waals surface area contributed by atoms with E-state index < -0.39 is 5.91 Å². The lowest BCUT2D eigenvalue weighted by Gasteiger charge is -2.19. The molecule has 1 saturated heterocycles. The van der Waals surface area contributed by atoms with Gasteiger partial charge in [0, 0.05) is 13.1 Å². The number of carbonyl (C=O) groups is 1. The topological polar surface area (TPSA) is 112 Å². The van der Waals surface area contributed by atoms with E-state index in [4.69, 9.17) is 16.2 Å². The Morgan fingerprint density at radius 1 is 1.59 bits per heavy atom. The van der Waals surface area contributed by atoms with Crippen molar-refractivity contribution in [3.8, 4) is 0 Å². The number of nitrogens with two attached hydrogens (primary N) is 2. The molecule has 0 bridgehead atoms. The van der Waals surface area contributed by atoms with E-state index in [0.717, 1.165) is 13.1 Å². The van der Waals surface area contributed by atoms with Crippen molar-refractivity contribution in [1.29, 1.82) is 0 Å². The number of hydrogen-bond acceptors (Lipinski definition) is 6. The van der Waals surface area contributed by atoms with Crippen molar-refractivity contribution in [2.45, 2.75) is 6.04 Å². The molecule has 2 heterocycles. The van der Waals surface area contributed by atoms with Gasteiger partial charge >= 0.3 is 0 Å². The Hall–Kier alpha value is -1.67. The van der Waals surface area contributed by atoms with Gasteiger partial charge in [0.1, 0.15) is 0 Å². The number of nitrogen functional groups attached to an aromatic ring is 1. The molecular formula is C9H16N6O2. The van der Waals surface area contributed by atoms with Crippen LogP contribution in [0.1, 0.15) is 16.5 Å². The van der Waals surface area contributed by atoms with Gasteiger partial charge < -0.3 is 21.1 Å². The molecule has 0 radical (unpaired) electrons. The molecule has 8 nitrogen and oxygen atoms in total. The Morgan fingerprint density at radius 3 is 3.00 bits per heavy atom. The number of hydrogen-bond donors (Lipinski definition) is 2. The van der Waals surface area contributed by atoms with Gasteiger partial charge in [-0.25, -0.2) is 4.68 Å². The van der Waals surface area contributed by atoms with E-state index in [-0.39, 0.29) is 17.6 Å². The minimum atomic E-state index is -0.670. The van der Waals surface area contributed by atoms with Crippen LogP contribution in [0.15, 0.2) is 0 Å². The summed E-state index contributed by atoms with van der Waals surface area (Å²) in [6.45, 7) is 2.76. The van der Waals surface area contributed by atoms with Gasteiger partial charge in [-0.05, 0) is 7.05 Å². The fourth-order valence-corrected chi connectivity index (χ4v) is 1.84. The number of aromatic nitrogens is 3. The van der Waals surface area contributed by atoms with Gasteiger partial charge in [0.15, 0.2) is 11.5 Å². The van der Waals surface area contributed by atoms with Crippen molar-refractivity contribution in [2.24, 2.45) is 5.73 Å². The average Bonchev–Trinajstić information content (AvgIpc) is 2.51. The van der Waals surface area contributed by atoms with Crippen LogP contribution in [0.4, 0.5) is 5.82 Å². The van der Waals surface area contributed by atoms with Crippen LogP contribution >= 0.6 is 0 Å². The van der Waals surface area contributed by atoms with E-state index in [1.807, 2.05) is 7.05 Å². The summed E-state index contributed by atoms with van der Waals surface area (Å²) in [5, 5.41) is 7.56. The molecule has 0 saturated carbocycles. The zero-order valence-electron chi connectivity index (χ0n) is 9.67. The molecule has 1 atom stereocenters. The molecule has 1 aliphatic rings. The lowest BCUT2D eigenvalue weighted by atomic mass is 10.3. The number of anilines is 1. The van der Waals surface area contributed by atoms with Gasteiger partial charge in [0.25, 0.3) is 5.91 Å². The van der Waals surface area contributed by atoms with Gasteiger partial charge in [-0.2, -0.15) is 0 Å². The highest BCUT2D eigenvalue weighted by Crippen LogP contribution is 2.17. The Bertz CT molecular complexity index is 418. The molecule has 0 aliphatic carbocycles. The quantitative estimate of drug-likeness (QED) is 0.648. The smallest absolute Gasteiger partial charge is 0.273 e. The second kappa shape index (κ2) is 4.68. The lowest BCUT2D eigenvalue weighted by molar-refractivity contribution is 0.0996. The van der Waals surface area contributed by atoms with Crippen LogP contribution in [0.2, 0.25) is 0 Å². The molecule has 1 amide bonds. The standard InChI is InChI=1S/C9H16N6O2/c1-14-2-3-17-5-6(4-14)15-8(10)7(9(11)16)12-13-15/h6H,2-5,10H2,1H3,(H2,11,16)/t6-/m1/s1. The molecule has 1 fully saturated rings. The summed E-state index contributed by atoms with van der Waals surface area (Å²) in [6, 6.07) is -0.0527. The molecule has 17 heavy (non-hydrogen) atoms. The first-order chi connectivity index (χ1) is 8.09. The number of primary amides is 1. The Labute approximate surface area is 98.5 Å². The van der Waals surface area contributed by atoms with Gasteiger partial charge in [-0.15, -0.1) is 5.10 Å². The van der Waals surface area contributed by atoms with Gasteiger partial charge in [-0.3, -0.25) is 4.79 Å².